The van der Waals surface area contributed by atoms with E-state index in [1.807, 2.05) is 0 Å². The number of carbonyl (C=O) groups is 2. The number of para-hydroxylation sites is 1. The Morgan fingerprint density at radius 1 is 1.08 bits per heavy atom. The summed E-state index contributed by atoms with van der Waals surface area (Å²) < 4.78 is 52.1. The van der Waals surface area contributed by atoms with E-state index < -0.39 is 23.5 Å². The molecule has 1 heterocycles. The summed E-state index contributed by atoms with van der Waals surface area (Å²) in [5, 5.41) is 0. The van der Waals surface area contributed by atoms with Crippen molar-refractivity contribution in [2.45, 2.75) is 12.7 Å². The summed E-state index contributed by atoms with van der Waals surface area (Å²) >= 11 is 0. The Labute approximate surface area is 146 Å². The number of halogens is 4. The number of fused-ring (bicyclic) bond motifs is 1. The minimum Gasteiger partial charge on any atom is -0.325 e. The van der Waals surface area contributed by atoms with Crippen molar-refractivity contribution in [3.63, 3.8) is 0 Å². The van der Waals surface area contributed by atoms with Gasteiger partial charge in [-0.1, -0.05) is 18.2 Å². The SMILES string of the molecule is CN1C(=O)CN(Cc2ccc(C(F)(F)F)cc2F)C(=O)c2ccccc21. The number of alkyl halides is 3. The van der Waals surface area contributed by atoms with Gasteiger partial charge >= 0.3 is 6.18 Å². The third-order valence-corrected chi connectivity index (χ3v) is 4.22. The molecule has 0 saturated heterocycles. The van der Waals surface area contributed by atoms with Crippen molar-refractivity contribution >= 4 is 17.5 Å². The molecule has 1 aliphatic rings. The molecule has 8 heteroatoms. The van der Waals surface area contributed by atoms with Crippen LogP contribution in [-0.2, 0) is 17.5 Å². The van der Waals surface area contributed by atoms with E-state index in [0.717, 1.165) is 17.0 Å². The smallest absolute Gasteiger partial charge is 0.325 e. The van der Waals surface area contributed by atoms with Crippen LogP contribution in [0.1, 0.15) is 21.5 Å². The van der Waals surface area contributed by atoms with Crippen LogP contribution in [0.5, 0.6) is 0 Å². The predicted octanol–water partition coefficient (Wildman–Crippen LogP) is 3.46. The van der Waals surface area contributed by atoms with Crippen molar-refractivity contribution in [1.29, 1.82) is 0 Å². The molecule has 0 spiro atoms. The molecule has 26 heavy (non-hydrogen) atoms. The number of nitrogens with zero attached hydrogens (tertiary/aromatic N) is 2. The molecule has 1 aliphatic heterocycles. The molecule has 4 nitrogen and oxygen atoms in total. The van der Waals surface area contributed by atoms with Crippen molar-refractivity contribution < 1.29 is 27.2 Å². The van der Waals surface area contributed by atoms with E-state index in [2.05, 4.69) is 0 Å². The molecule has 0 atom stereocenters. The summed E-state index contributed by atoms with van der Waals surface area (Å²) in [4.78, 5) is 27.4. The normalized spacial score (nSPS) is 15.1. The maximum Gasteiger partial charge on any atom is 0.416 e. The molecule has 0 unspecified atom stereocenters. The molecular weight excluding hydrogens is 352 g/mol. The maximum atomic E-state index is 14.1. The molecule has 0 aliphatic carbocycles. The maximum absolute atomic E-state index is 14.1. The summed E-state index contributed by atoms with van der Waals surface area (Å²) in [5.74, 6) is -1.95. The second kappa shape index (κ2) is 6.44. The first-order valence-electron chi connectivity index (χ1n) is 7.69. The van der Waals surface area contributed by atoms with Crippen LogP contribution >= 0.6 is 0 Å². The van der Waals surface area contributed by atoms with Gasteiger partial charge in [-0.05, 0) is 24.3 Å². The summed E-state index contributed by atoms with van der Waals surface area (Å²) in [7, 11) is 1.52. The monoisotopic (exact) mass is 366 g/mol. The van der Waals surface area contributed by atoms with Crippen LogP contribution in [0.3, 0.4) is 0 Å². The van der Waals surface area contributed by atoms with Gasteiger partial charge in [-0.2, -0.15) is 13.2 Å². The molecule has 3 rings (SSSR count). The minimum absolute atomic E-state index is 0.0961. The highest BCUT2D eigenvalue weighted by Crippen LogP contribution is 2.31. The minimum atomic E-state index is -4.66. The summed E-state index contributed by atoms with van der Waals surface area (Å²) in [6, 6.07) is 8.60. The zero-order valence-electron chi connectivity index (χ0n) is 13.7. The first kappa shape index (κ1) is 17.9. The van der Waals surface area contributed by atoms with Gasteiger partial charge < -0.3 is 9.80 Å². The number of hydrogen-bond acceptors (Lipinski definition) is 2. The van der Waals surface area contributed by atoms with E-state index in [0.29, 0.717) is 11.8 Å². The molecule has 0 saturated carbocycles. The van der Waals surface area contributed by atoms with E-state index in [9.17, 15) is 27.2 Å². The lowest BCUT2D eigenvalue weighted by atomic mass is 10.1. The van der Waals surface area contributed by atoms with Crippen LogP contribution in [0.2, 0.25) is 0 Å². The first-order valence-corrected chi connectivity index (χ1v) is 7.69. The Bertz CT molecular complexity index is 880. The Kier molecular flexibility index (Phi) is 4.43. The number of likely N-dealkylation sites (N-methyl/N-ethyl adjacent to an activating group) is 1. The zero-order chi connectivity index (χ0) is 19.1. The average Bonchev–Trinajstić information content (AvgIpc) is 2.67. The number of amides is 2. The average molecular weight is 366 g/mol. The lowest BCUT2D eigenvalue weighted by Gasteiger charge is -2.21. The Balaban J connectivity index is 1.93. The van der Waals surface area contributed by atoms with E-state index in [-0.39, 0.29) is 30.1 Å². The number of rotatable bonds is 2. The standard InChI is InChI=1S/C18H14F4N2O2/c1-23-15-5-3-2-4-13(15)17(26)24(10-16(23)25)9-11-6-7-12(8-14(11)19)18(20,21)22/h2-8H,9-10H2,1H3. The number of carbonyl (C=O) groups excluding carboxylic acids is 2. The second-order valence-electron chi connectivity index (χ2n) is 5.94. The highest BCUT2D eigenvalue weighted by Gasteiger charge is 2.33. The number of hydrogen-bond donors (Lipinski definition) is 0. The highest BCUT2D eigenvalue weighted by atomic mass is 19.4. The molecular formula is C18H14F4N2O2. The Morgan fingerprint density at radius 2 is 1.77 bits per heavy atom. The summed E-state index contributed by atoms with van der Waals surface area (Å²) in [6.07, 6.45) is -4.66. The molecule has 2 amide bonds. The van der Waals surface area contributed by atoms with Gasteiger partial charge in [0.15, 0.2) is 0 Å². The van der Waals surface area contributed by atoms with Crippen molar-refractivity contribution in [1.82, 2.24) is 4.90 Å². The molecule has 136 valence electrons. The molecule has 0 N–H and O–H groups in total. The lowest BCUT2D eigenvalue weighted by Crippen LogP contribution is -2.37. The fourth-order valence-corrected chi connectivity index (χ4v) is 2.78. The topological polar surface area (TPSA) is 40.6 Å². The molecule has 2 aromatic rings. The van der Waals surface area contributed by atoms with Gasteiger partial charge in [0, 0.05) is 19.2 Å². The van der Waals surface area contributed by atoms with Gasteiger partial charge in [-0.25, -0.2) is 4.39 Å². The van der Waals surface area contributed by atoms with Crippen molar-refractivity contribution in [2.24, 2.45) is 0 Å². The van der Waals surface area contributed by atoms with Crippen LogP contribution in [-0.4, -0.2) is 30.3 Å². The third-order valence-electron chi connectivity index (χ3n) is 4.22. The van der Waals surface area contributed by atoms with Crippen LogP contribution in [0, 0.1) is 5.82 Å². The predicted molar refractivity (Wildman–Crippen MR) is 86.0 cm³/mol. The lowest BCUT2D eigenvalue weighted by molar-refractivity contribution is -0.137. The van der Waals surface area contributed by atoms with Crippen molar-refractivity contribution in [2.75, 3.05) is 18.5 Å². The largest absolute Gasteiger partial charge is 0.416 e. The van der Waals surface area contributed by atoms with Crippen LogP contribution in [0.15, 0.2) is 42.5 Å². The van der Waals surface area contributed by atoms with E-state index in [1.165, 1.54) is 11.9 Å². The van der Waals surface area contributed by atoms with Crippen LogP contribution in [0.25, 0.3) is 0 Å². The molecule has 2 aromatic carbocycles. The van der Waals surface area contributed by atoms with Crippen LogP contribution in [0.4, 0.5) is 23.2 Å². The highest BCUT2D eigenvalue weighted by molar-refractivity contribution is 6.09. The fourth-order valence-electron chi connectivity index (χ4n) is 2.78. The quantitative estimate of drug-likeness (QED) is 0.764. The van der Waals surface area contributed by atoms with E-state index in [1.54, 1.807) is 24.3 Å². The second-order valence-corrected chi connectivity index (χ2v) is 5.94. The summed E-state index contributed by atoms with van der Waals surface area (Å²) in [6.45, 7) is -0.610. The number of benzene rings is 2. The Hall–Kier alpha value is -2.90. The van der Waals surface area contributed by atoms with Gasteiger partial charge in [0.2, 0.25) is 5.91 Å². The van der Waals surface area contributed by atoms with Gasteiger partial charge in [0.1, 0.15) is 12.4 Å². The fraction of sp³-hybridized carbons (Fsp3) is 0.222. The third kappa shape index (κ3) is 3.26. The van der Waals surface area contributed by atoms with E-state index >= 15 is 0 Å². The Morgan fingerprint density at radius 3 is 2.42 bits per heavy atom. The van der Waals surface area contributed by atoms with Gasteiger partial charge in [0.05, 0.1) is 16.8 Å². The van der Waals surface area contributed by atoms with Crippen molar-refractivity contribution in [3.05, 3.63) is 65.0 Å². The van der Waals surface area contributed by atoms with Gasteiger partial charge in [0.25, 0.3) is 5.91 Å². The summed E-state index contributed by atoms with van der Waals surface area (Å²) in [5.41, 5.74) is -0.505. The van der Waals surface area contributed by atoms with Crippen molar-refractivity contribution in [3.8, 4) is 0 Å². The van der Waals surface area contributed by atoms with Crippen LogP contribution < -0.4 is 4.90 Å². The number of anilines is 1. The molecule has 0 aromatic heterocycles. The first-order chi connectivity index (χ1) is 12.2. The van der Waals surface area contributed by atoms with Gasteiger partial charge in [-0.15, -0.1) is 0 Å². The van der Waals surface area contributed by atoms with E-state index in [4.69, 9.17) is 0 Å². The zero-order valence-corrected chi connectivity index (χ0v) is 13.7. The molecule has 0 radical (unpaired) electrons. The molecule has 0 bridgehead atoms. The van der Waals surface area contributed by atoms with Gasteiger partial charge in [-0.3, -0.25) is 9.59 Å². The molecule has 0 fully saturated rings.